The summed E-state index contributed by atoms with van der Waals surface area (Å²) in [4.78, 5) is 22.0. The molecule has 2 atom stereocenters. The fourth-order valence-corrected chi connectivity index (χ4v) is 1.18. The molecule has 1 rings (SSSR count). The molecular weight excluding hydrogens is 230 g/mol. The molecule has 1 heterocycles. The lowest BCUT2D eigenvalue weighted by molar-refractivity contribution is -0.151. The summed E-state index contributed by atoms with van der Waals surface area (Å²) in [6, 6.07) is -1.12. The van der Waals surface area contributed by atoms with Crippen molar-refractivity contribution >= 4 is 11.9 Å². The second kappa shape index (κ2) is 5.76. The third kappa shape index (κ3) is 4.14. The smallest absolute Gasteiger partial charge is 0.321 e. The Morgan fingerprint density at radius 2 is 2.35 bits per heavy atom. The Hall–Kier alpha value is -1.44. The van der Waals surface area contributed by atoms with Gasteiger partial charge in [-0.15, -0.1) is 6.58 Å². The van der Waals surface area contributed by atoms with Gasteiger partial charge in [-0.25, -0.2) is 0 Å². The van der Waals surface area contributed by atoms with Crippen molar-refractivity contribution in [3.63, 3.8) is 0 Å². The number of carbonyl (C=O) groups excluding carboxylic acids is 1. The molecule has 1 aliphatic heterocycles. The van der Waals surface area contributed by atoms with Crippen molar-refractivity contribution in [1.29, 1.82) is 0 Å². The zero-order chi connectivity index (χ0) is 12.9. The highest BCUT2D eigenvalue weighted by atomic mass is 16.8. The van der Waals surface area contributed by atoms with Gasteiger partial charge in [0.25, 0.3) is 5.91 Å². The van der Waals surface area contributed by atoms with Gasteiger partial charge < -0.3 is 19.3 Å². The van der Waals surface area contributed by atoms with Crippen molar-refractivity contribution in [2.75, 3.05) is 20.3 Å². The molecule has 0 aromatic rings. The average molecular weight is 245 g/mol. The number of carbonyl (C=O) groups is 2. The standard InChI is InChI=1S/C10H15NO6/c1-3-4-16-10(6-17-10)11-7(9(13)14)5-8(12)15-2/h3,7,11H,1,4-6H2,2H3,(H,13,14)/t7-,10?/m0/s1. The predicted octanol–water partition coefficient (Wildman–Crippen LogP) is -0.521. The van der Waals surface area contributed by atoms with Gasteiger partial charge >= 0.3 is 11.9 Å². The fraction of sp³-hybridized carbons (Fsp3) is 0.600. The number of nitrogens with one attached hydrogen (secondary N) is 1. The Bertz CT molecular complexity index is 312. The maximum Gasteiger partial charge on any atom is 0.321 e. The summed E-state index contributed by atoms with van der Waals surface area (Å²) in [5.74, 6) is -2.91. The van der Waals surface area contributed by atoms with Crippen molar-refractivity contribution < 1.29 is 28.9 Å². The zero-order valence-electron chi connectivity index (χ0n) is 9.47. The number of rotatable bonds is 8. The Morgan fingerprint density at radius 1 is 1.71 bits per heavy atom. The number of hydrogen-bond donors (Lipinski definition) is 2. The van der Waals surface area contributed by atoms with Gasteiger partial charge in [-0.2, -0.15) is 0 Å². The maximum absolute atomic E-state index is 11.0. The summed E-state index contributed by atoms with van der Waals surface area (Å²) in [5.41, 5.74) is 0. The molecule has 96 valence electrons. The minimum atomic E-state index is -1.17. The van der Waals surface area contributed by atoms with Crippen LogP contribution in [0.4, 0.5) is 0 Å². The number of carboxylic acids is 1. The van der Waals surface area contributed by atoms with Gasteiger partial charge in [0, 0.05) is 0 Å². The predicted molar refractivity (Wildman–Crippen MR) is 56.0 cm³/mol. The molecule has 2 N–H and O–H groups in total. The first-order valence-corrected chi connectivity index (χ1v) is 4.99. The number of aliphatic carboxylic acids is 1. The summed E-state index contributed by atoms with van der Waals surface area (Å²) >= 11 is 0. The van der Waals surface area contributed by atoms with Crippen LogP contribution in [-0.4, -0.2) is 49.3 Å². The summed E-state index contributed by atoms with van der Waals surface area (Å²) in [6.45, 7) is 3.92. The van der Waals surface area contributed by atoms with Crippen LogP contribution in [0, 0.1) is 0 Å². The number of ether oxygens (including phenoxy) is 3. The Morgan fingerprint density at radius 3 is 2.76 bits per heavy atom. The molecule has 0 aromatic carbocycles. The first-order chi connectivity index (χ1) is 8.03. The number of esters is 1. The van der Waals surface area contributed by atoms with E-state index in [0.29, 0.717) is 0 Å². The minimum Gasteiger partial charge on any atom is -0.480 e. The lowest BCUT2D eigenvalue weighted by atomic mass is 10.2. The van der Waals surface area contributed by atoms with Gasteiger partial charge in [0.2, 0.25) is 0 Å². The number of carboxylic acid groups (broad SMARTS) is 1. The topological polar surface area (TPSA) is 97.4 Å². The van der Waals surface area contributed by atoms with Crippen LogP contribution in [-0.2, 0) is 23.8 Å². The first kappa shape index (κ1) is 13.6. The van der Waals surface area contributed by atoms with Crippen molar-refractivity contribution in [2.45, 2.75) is 18.4 Å². The summed E-state index contributed by atoms with van der Waals surface area (Å²) in [5, 5.41) is 11.5. The quantitative estimate of drug-likeness (QED) is 0.257. The van der Waals surface area contributed by atoms with Crippen LogP contribution in [0.15, 0.2) is 12.7 Å². The lowest BCUT2D eigenvalue weighted by Crippen LogP contribution is -2.48. The second-order valence-corrected chi connectivity index (χ2v) is 3.46. The van der Waals surface area contributed by atoms with Gasteiger partial charge in [-0.3, -0.25) is 14.9 Å². The van der Waals surface area contributed by atoms with Crippen LogP contribution in [0.2, 0.25) is 0 Å². The molecule has 0 spiro atoms. The Kier molecular flexibility index (Phi) is 4.62. The highest BCUT2D eigenvalue weighted by Crippen LogP contribution is 2.26. The van der Waals surface area contributed by atoms with Crippen molar-refractivity contribution in [2.24, 2.45) is 0 Å². The van der Waals surface area contributed by atoms with E-state index in [1.165, 1.54) is 13.2 Å². The Labute approximate surface area is 98.3 Å². The molecule has 0 bridgehead atoms. The van der Waals surface area contributed by atoms with E-state index in [9.17, 15) is 9.59 Å². The average Bonchev–Trinajstić information content (AvgIpc) is 3.05. The van der Waals surface area contributed by atoms with E-state index < -0.39 is 23.9 Å². The van der Waals surface area contributed by atoms with E-state index in [-0.39, 0.29) is 19.6 Å². The van der Waals surface area contributed by atoms with Gasteiger partial charge in [0.1, 0.15) is 12.6 Å². The molecule has 1 fully saturated rings. The van der Waals surface area contributed by atoms with E-state index in [2.05, 4.69) is 16.6 Å². The van der Waals surface area contributed by atoms with E-state index in [1.807, 2.05) is 0 Å². The van der Waals surface area contributed by atoms with Crippen LogP contribution in [0.5, 0.6) is 0 Å². The van der Waals surface area contributed by atoms with Crippen LogP contribution in [0.25, 0.3) is 0 Å². The molecule has 0 aliphatic carbocycles. The molecule has 7 heteroatoms. The Balaban J connectivity index is 2.51. The molecule has 0 amide bonds. The number of epoxide rings is 1. The van der Waals surface area contributed by atoms with E-state index in [0.717, 1.165) is 0 Å². The highest BCUT2D eigenvalue weighted by Gasteiger charge is 2.49. The van der Waals surface area contributed by atoms with E-state index in [4.69, 9.17) is 14.6 Å². The summed E-state index contributed by atoms with van der Waals surface area (Å²) in [6.07, 6.45) is 1.22. The van der Waals surface area contributed by atoms with E-state index in [1.54, 1.807) is 0 Å². The minimum absolute atomic E-state index is 0.220. The third-order valence-corrected chi connectivity index (χ3v) is 2.13. The van der Waals surface area contributed by atoms with Gasteiger partial charge in [-0.05, 0) is 0 Å². The lowest BCUT2D eigenvalue weighted by Gasteiger charge is -2.19. The third-order valence-electron chi connectivity index (χ3n) is 2.13. The van der Waals surface area contributed by atoms with E-state index >= 15 is 0 Å². The monoisotopic (exact) mass is 245 g/mol. The van der Waals surface area contributed by atoms with Gasteiger partial charge in [-0.1, -0.05) is 6.08 Å². The zero-order valence-corrected chi connectivity index (χ0v) is 9.47. The van der Waals surface area contributed by atoms with Crippen LogP contribution in [0.1, 0.15) is 6.42 Å². The number of methoxy groups -OCH3 is 1. The molecule has 1 aliphatic rings. The summed E-state index contributed by atoms with van der Waals surface area (Å²) < 4.78 is 14.6. The molecule has 7 nitrogen and oxygen atoms in total. The fourth-order valence-electron chi connectivity index (χ4n) is 1.18. The molecule has 1 unspecified atom stereocenters. The molecule has 0 radical (unpaired) electrons. The second-order valence-electron chi connectivity index (χ2n) is 3.46. The van der Waals surface area contributed by atoms with Crippen LogP contribution >= 0.6 is 0 Å². The molecule has 0 saturated carbocycles. The molecule has 0 aromatic heterocycles. The first-order valence-electron chi connectivity index (χ1n) is 4.99. The molecular formula is C10H15NO6. The molecule has 17 heavy (non-hydrogen) atoms. The van der Waals surface area contributed by atoms with Gasteiger partial charge in [0.05, 0.1) is 20.1 Å². The van der Waals surface area contributed by atoms with Crippen molar-refractivity contribution in [1.82, 2.24) is 5.32 Å². The maximum atomic E-state index is 11.0. The van der Waals surface area contributed by atoms with Crippen molar-refractivity contribution in [3.8, 4) is 0 Å². The van der Waals surface area contributed by atoms with Crippen molar-refractivity contribution in [3.05, 3.63) is 12.7 Å². The van der Waals surface area contributed by atoms with Crippen LogP contribution in [0.3, 0.4) is 0 Å². The summed E-state index contributed by atoms with van der Waals surface area (Å²) in [7, 11) is 1.19. The SMILES string of the molecule is C=CCOC1(N[C@@H](CC(=O)OC)C(=O)O)CO1. The van der Waals surface area contributed by atoms with Gasteiger partial charge in [0.15, 0.2) is 0 Å². The normalized spacial score (nSPS) is 23.8. The molecule has 1 saturated heterocycles. The number of hydrogen-bond acceptors (Lipinski definition) is 6. The van der Waals surface area contributed by atoms with Crippen LogP contribution < -0.4 is 5.32 Å². The highest BCUT2D eigenvalue weighted by molar-refractivity contribution is 5.81. The largest absolute Gasteiger partial charge is 0.480 e.